The topological polar surface area (TPSA) is 111 Å². The molecule has 11 heteroatoms. The largest absolute Gasteiger partial charge is 0.493 e. The minimum absolute atomic E-state index is 0.0901. The van der Waals surface area contributed by atoms with Crippen molar-refractivity contribution in [2.75, 3.05) is 32.7 Å². The zero-order valence-electron chi connectivity index (χ0n) is 18.5. The number of benzene rings is 2. The number of halogens is 1. The van der Waals surface area contributed by atoms with Gasteiger partial charge in [0, 0.05) is 16.3 Å². The predicted molar refractivity (Wildman–Crippen MR) is 128 cm³/mol. The van der Waals surface area contributed by atoms with Gasteiger partial charge in [-0.2, -0.15) is 0 Å². The zero-order chi connectivity index (χ0) is 24.8. The number of rotatable bonds is 8. The molecular formula is C23H21ClN2O7S. The van der Waals surface area contributed by atoms with Gasteiger partial charge in [-0.15, -0.1) is 0 Å². The molecular weight excluding hydrogens is 484 g/mol. The van der Waals surface area contributed by atoms with Crippen LogP contribution >= 0.6 is 23.4 Å². The number of hydrogen-bond acceptors (Lipinski definition) is 8. The molecule has 1 fully saturated rings. The van der Waals surface area contributed by atoms with E-state index in [2.05, 4.69) is 10.1 Å². The number of carbonyl (C=O) groups excluding carboxylic acids is 4. The molecule has 2 aromatic carbocycles. The van der Waals surface area contributed by atoms with E-state index in [-0.39, 0.29) is 17.3 Å². The first-order chi connectivity index (χ1) is 16.2. The second kappa shape index (κ2) is 11.1. The van der Waals surface area contributed by atoms with Crippen molar-refractivity contribution in [2.45, 2.75) is 6.92 Å². The number of imide groups is 1. The number of esters is 1. The van der Waals surface area contributed by atoms with E-state index >= 15 is 0 Å². The van der Waals surface area contributed by atoms with Crippen molar-refractivity contribution in [3.63, 3.8) is 0 Å². The lowest BCUT2D eigenvalue weighted by Gasteiger charge is -2.13. The molecule has 1 N–H and O–H groups in total. The number of hydrogen-bond donors (Lipinski definition) is 1. The average molecular weight is 505 g/mol. The van der Waals surface area contributed by atoms with Crippen LogP contribution < -0.4 is 14.8 Å². The van der Waals surface area contributed by atoms with Crippen molar-refractivity contribution in [1.82, 2.24) is 4.90 Å². The maximum atomic E-state index is 12.9. The summed E-state index contributed by atoms with van der Waals surface area (Å²) in [5.74, 6) is -1.25. The molecule has 0 bridgehead atoms. The number of aryl methyl sites for hydroxylation is 1. The van der Waals surface area contributed by atoms with Gasteiger partial charge in [-0.1, -0.05) is 29.8 Å². The third kappa shape index (κ3) is 5.89. The number of anilines is 1. The van der Waals surface area contributed by atoms with Crippen LogP contribution in [0.25, 0.3) is 6.08 Å². The number of para-hydroxylation sites is 1. The Kier molecular flexibility index (Phi) is 8.19. The molecule has 9 nitrogen and oxygen atoms in total. The molecule has 34 heavy (non-hydrogen) atoms. The number of carbonyl (C=O) groups is 4. The molecule has 1 aliphatic heterocycles. The fraction of sp³-hybridized carbons (Fsp3) is 0.217. The maximum Gasteiger partial charge on any atom is 0.343 e. The van der Waals surface area contributed by atoms with Crippen LogP contribution in [0, 0.1) is 6.92 Å². The molecule has 0 radical (unpaired) electrons. The summed E-state index contributed by atoms with van der Waals surface area (Å²) in [6.45, 7) is 0.995. The lowest BCUT2D eigenvalue weighted by Crippen LogP contribution is -2.36. The highest BCUT2D eigenvalue weighted by atomic mass is 35.5. The minimum Gasteiger partial charge on any atom is -0.493 e. The van der Waals surface area contributed by atoms with Crippen molar-refractivity contribution < 1.29 is 33.4 Å². The van der Waals surface area contributed by atoms with Crippen LogP contribution in [-0.4, -0.2) is 55.3 Å². The first-order valence-corrected chi connectivity index (χ1v) is 11.1. The Morgan fingerprint density at radius 3 is 2.62 bits per heavy atom. The SMILES string of the molecule is COC(=O)COc1c(/C=C2/SC(=O)N(CC(=O)Nc3ccc(C)c(Cl)c3)C2=O)cccc1OC. The highest BCUT2D eigenvalue weighted by Gasteiger charge is 2.36. The molecule has 0 atom stereocenters. The number of thioether (sulfide) groups is 1. The number of nitrogens with one attached hydrogen (secondary N) is 1. The van der Waals surface area contributed by atoms with Crippen molar-refractivity contribution in [2.24, 2.45) is 0 Å². The van der Waals surface area contributed by atoms with Crippen LogP contribution in [0.1, 0.15) is 11.1 Å². The zero-order valence-corrected chi connectivity index (χ0v) is 20.1. The molecule has 0 unspecified atom stereocenters. The Bertz CT molecular complexity index is 1180. The summed E-state index contributed by atoms with van der Waals surface area (Å²) < 4.78 is 15.4. The van der Waals surface area contributed by atoms with Crippen LogP contribution in [-0.2, 0) is 19.1 Å². The predicted octanol–water partition coefficient (Wildman–Crippen LogP) is 3.88. The van der Waals surface area contributed by atoms with Crippen molar-refractivity contribution in [3.05, 3.63) is 57.5 Å². The van der Waals surface area contributed by atoms with Gasteiger partial charge in [-0.25, -0.2) is 4.79 Å². The molecule has 1 saturated heterocycles. The number of ether oxygens (including phenoxy) is 3. The van der Waals surface area contributed by atoms with Crippen molar-refractivity contribution >= 4 is 58.1 Å². The number of methoxy groups -OCH3 is 2. The van der Waals surface area contributed by atoms with Gasteiger partial charge in [0.05, 0.1) is 19.1 Å². The van der Waals surface area contributed by atoms with E-state index in [9.17, 15) is 19.2 Å². The molecule has 0 aromatic heterocycles. The number of nitrogens with zero attached hydrogens (tertiary/aromatic N) is 1. The molecule has 178 valence electrons. The second-order valence-corrected chi connectivity index (χ2v) is 8.42. The third-order valence-electron chi connectivity index (χ3n) is 4.71. The Hall–Kier alpha value is -3.50. The Morgan fingerprint density at radius 1 is 1.18 bits per heavy atom. The molecule has 1 aliphatic rings. The number of amides is 3. The van der Waals surface area contributed by atoms with Gasteiger partial charge in [0.2, 0.25) is 5.91 Å². The molecule has 0 spiro atoms. The van der Waals surface area contributed by atoms with Gasteiger partial charge < -0.3 is 19.5 Å². The smallest absolute Gasteiger partial charge is 0.343 e. The third-order valence-corrected chi connectivity index (χ3v) is 6.02. The molecule has 0 aliphatic carbocycles. The first-order valence-electron chi connectivity index (χ1n) is 9.91. The van der Waals surface area contributed by atoms with Gasteiger partial charge in [0.15, 0.2) is 18.1 Å². The molecule has 2 aromatic rings. The van der Waals surface area contributed by atoms with Crippen LogP contribution in [0.4, 0.5) is 10.5 Å². The summed E-state index contributed by atoms with van der Waals surface area (Å²) >= 11 is 6.76. The lowest BCUT2D eigenvalue weighted by molar-refractivity contribution is -0.143. The Morgan fingerprint density at radius 2 is 1.94 bits per heavy atom. The van der Waals surface area contributed by atoms with Gasteiger partial charge >= 0.3 is 5.97 Å². The molecule has 0 saturated carbocycles. The summed E-state index contributed by atoms with van der Waals surface area (Å²) in [5, 5.41) is 2.51. The monoisotopic (exact) mass is 504 g/mol. The average Bonchev–Trinajstić information content (AvgIpc) is 3.07. The van der Waals surface area contributed by atoms with E-state index in [1.165, 1.54) is 20.3 Å². The van der Waals surface area contributed by atoms with Crippen LogP contribution in [0.3, 0.4) is 0 Å². The van der Waals surface area contributed by atoms with Crippen LogP contribution in [0.2, 0.25) is 5.02 Å². The highest BCUT2D eigenvalue weighted by Crippen LogP contribution is 2.37. The highest BCUT2D eigenvalue weighted by molar-refractivity contribution is 8.18. The quantitative estimate of drug-likeness (QED) is 0.426. The molecule has 1 heterocycles. The van der Waals surface area contributed by atoms with E-state index in [1.807, 2.05) is 6.92 Å². The van der Waals surface area contributed by atoms with Gasteiger partial charge in [0.25, 0.3) is 11.1 Å². The van der Waals surface area contributed by atoms with E-state index < -0.39 is 29.6 Å². The second-order valence-electron chi connectivity index (χ2n) is 7.02. The molecule has 3 amide bonds. The summed E-state index contributed by atoms with van der Waals surface area (Å²) in [4.78, 5) is 50.1. The van der Waals surface area contributed by atoms with Gasteiger partial charge in [-0.3, -0.25) is 19.3 Å². The lowest BCUT2D eigenvalue weighted by atomic mass is 10.1. The van der Waals surface area contributed by atoms with Crippen molar-refractivity contribution in [3.8, 4) is 11.5 Å². The summed E-state index contributed by atoms with van der Waals surface area (Å²) in [6, 6.07) is 9.93. The summed E-state index contributed by atoms with van der Waals surface area (Å²) in [5.41, 5.74) is 1.71. The Balaban J connectivity index is 1.77. The normalized spacial score (nSPS) is 14.4. The minimum atomic E-state index is -0.631. The van der Waals surface area contributed by atoms with Crippen LogP contribution in [0.15, 0.2) is 41.3 Å². The molecule has 3 rings (SSSR count). The fourth-order valence-corrected chi connectivity index (χ4v) is 3.95. The van der Waals surface area contributed by atoms with E-state index in [0.29, 0.717) is 33.8 Å². The van der Waals surface area contributed by atoms with Gasteiger partial charge in [0.1, 0.15) is 6.54 Å². The van der Waals surface area contributed by atoms with Crippen LogP contribution in [0.5, 0.6) is 11.5 Å². The van der Waals surface area contributed by atoms with E-state index in [4.69, 9.17) is 21.1 Å². The standard InChI is InChI=1S/C23H21ClN2O7S/c1-13-7-8-15(10-16(13)24)25-19(27)11-26-22(29)18(34-23(26)30)9-14-5-4-6-17(31-2)21(14)33-12-20(28)32-3/h4-10H,11-12H2,1-3H3,(H,25,27)/b18-9+. The van der Waals surface area contributed by atoms with Gasteiger partial charge in [-0.05, 0) is 48.5 Å². The summed E-state index contributed by atoms with van der Waals surface area (Å²) in [7, 11) is 2.66. The first kappa shape index (κ1) is 25.1. The Labute approximate surface area is 205 Å². The van der Waals surface area contributed by atoms with E-state index in [0.717, 1.165) is 10.5 Å². The fourth-order valence-electron chi connectivity index (χ4n) is 2.94. The maximum absolute atomic E-state index is 12.9. The summed E-state index contributed by atoms with van der Waals surface area (Å²) in [6.07, 6.45) is 1.44. The van der Waals surface area contributed by atoms with Crippen molar-refractivity contribution in [1.29, 1.82) is 0 Å². The van der Waals surface area contributed by atoms with E-state index in [1.54, 1.807) is 36.4 Å².